The molecule has 114 valence electrons. The van der Waals surface area contributed by atoms with Gasteiger partial charge in [0.25, 0.3) is 0 Å². The lowest BCUT2D eigenvalue weighted by molar-refractivity contribution is -0.0498. The van der Waals surface area contributed by atoms with E-state index in [-0.39, 0.29) is 11.2 Å². The van der Waals surface area contributed by atoms with Crippen LogP contribution in [0.2, 0.25) is 0 Å². The third-order valence-corrected chi connectivity index (χ3v) is 3.06. The van der Waals surface area contributed by atoms with Crippen molar-refractivity contribution in [1.29, 1.82) is 0 Å². The Morgan fingerprint density at radius 2 is 1.85 bits per heavy atom. The molecule has 0 spiro atoms. The summed E-state index contributed by atoms with van der Waals surface area (Å²) >= 11 is 0. The molecule has 0 radical (unpaired) electrons. The van der Waals surface area contributed by atoms with Crippen molar-refractivity contribution in [1.82, 2.24) is 5.32 Å². The number of hydrogen-bond acceptors (Lipinski definition) is 3. The summed E-state index contributed by atoms with van der Waals surface area (Å²) in [5.74, 6) is 0.184. The van der Waals surface area contributed by atoms with Crippen molar-refractivity contribution in [2.45, 2.75) is 33.4 Å². The number of nitrogens with one attached hydrogen (secondary N) is 1. The van der Waals surface area contributed by atoms with Crippen LogP contribution < -0.4 is 10.1 Å². The van der Waals surface area contributed by atoms with Crippen LogP contribution in [0, 0.1) is 5.41 Å². The molecule has 1 aromatic rings. The number of ether oxygens (including phenoxy) is 2. The molecule has 1 aromatic carbocycles. The molecule has 20 heavy (non-hydrogen) atoms. The second kappa shape index (κ2) is 8.17. The van der Waals surface area contributed by atoms with Crippen molar-refractivity contribution in [3.63, 3.8) is 0 Å². The van der Waals surface area contributed by atoms with E-state index in [1.54, 1.807) is 31.4 Å². The molecule has 0 heterocycles. The molecule has 0 aliphatic carbocycles. The van der Waals surface area contributed by atoms with Crippen molar-refractivity contribution in [2.24, 2.45) is 5.41 Å². The third kappa shape index (κ3) is 6.82. The number of benzene rings is 1. The van der Waals surface area contributed by atoms with E-state index in [0.29, 0.717) is 6.54 Å². The molecule has 0 saturated carbocycles. The van der Waals surface area contributed by atoms with Crippen LogP contribution in [0.15, 0.2) is 24.3 Å². The quantitative estimate of drug-likeness (QED) is 0.754. The van der Waals surface area contributed by atoms with E-state index in [1.165, 1.54) is 0 Å². The Bertz CT molecular complexity index is 380. The first-order valence-electron chi connectivity index (χ1n) is 6.66. The highest BCUT2D eigenvalue weighted by Crippen LogP contribution is 2.19. The van der Waals surface area contributed by atoms with Gasteiger partial charge in [0.1, 0.15) is 5.75 Å². The number of halogens is 2. The fourth-order valence-corrected chi connectivity index (χ4v) is 1.80. The monoisotopic (exact) mass is 287 g/mol. The molecule has 1 rings (SSSR count). The summed E-state index contributed by atoms with van der Waals surface area (Å²) in [4.78, 5) is 0. The summed E-state index contributed by atoms with van der Waals surface area (Å²) < 4.78 is 33.4. The molecule has 0 unspecified atom stereocenters. The van der Waals surface area contributed by atoms with E-state index >= 15 is 0 Å². The summed E-state index contributed by atoms with van der Waals surface area (Å²) in [5.41, 5.74) is 1.20. The molecular weight excluding hydrogens is 264 g/mol. The van der Waals surface area contributed by atoms with Gasteiger partial charge in [-0.3, -0.25) is 0 Å². The second-order valence-electron chi connectivity index (χ2n) is 5.53. The second-order valence-corrected chi connectivity index (χ2v) is 5.53. The highest BCUT2D eigenvalue weighted by molar-refractivity contribution is 5.27. The van der Waals surface area contributed by atoms with Gasteiger partial charge in [0, 0.05) is 26.8 Å². The Morgan fingerprint density at radius 1 is 1.20 bits per heavy atom. The summed E-state index contributed by atoms with van der Waals surface area (Å²) in [7, 11) is 1.70. The lowest BCUT2D eigenvalue weighted by Gasteiger charge is -2.24. The number of methoxy groups -OCH3 is 1. The highest BCUT2D eigenvalue weighted by Gasteiger charge is 2.16. The molecule has 3 nitrogen and oxygen atoms in total. The third-order valence-electron chi connectivity index (χ3n) is 3.06. The number of rotatable bonds is 9. The molecule has 0 aromatic heterocycles. The molecule has 1 N–H and O–H groups in total. The van der Waals surface area contributed by atoms with E-state index < -0.39 is 6.61 Å². The lowest BCUT2D eigenvalue weighted by Crippen LogP contribution is -2.30. The first kappa shape index (κ1) is 16.9. The summed E-state index contributed by atoms with van der Waals surface area (Å²) in [6.07, 6.45) is 0.984. The minimum absolute atomic E-state index is 0.161. The van der Waals surface area contributed by atoms with E-state index in [4.69, 9.17) is 4.74 Å². The van der Waals surface area contributed by atoms with Crippen LogP contribution in [0.5, 0.6) is 5.75 Å². The SMILES string of the molecule is COCCC(C)(C)CNCc1ccc(OC(F)F)cc1. The van der Waals surface area contributed by atoms with Crippen molar-refractivity contribution < 1.29 is 18.3 Å². The van der Waals surface area contributed by atoms with Crippen LogP contribution in [0.3, 0.4) is 0 Å². The Kier molecular flexibility index (Phi) is 6.88. The largest absolute Gasteiger partial charge is 0.435 e. The van der Waals surface area contributed by atoms with Crippen molar-refractivity contribution >= 4 is 0 Å². The van der Waals surface area contributed by atoms with Gasteiger partial charge in [-0.05, 0) is 29.5 Å². The predicted molar refractivity (Wildman–Crippen MR) is 75.1 cm³/mol. The average Bonchev–Trinajstić information content (AvgIpc) is 2.38. The molecular formula is C15H23F2NO2. The maximum atomic E-state index is 12.0. The van der Waals surface area contributed by atoms with Gasteiger partial charge in [-0.25, -0.2) is 0 Å². The molecule has 0 aliphatic rings. The molecule has 0 bridgehead atoms. The van der Waals surface area contributed by atoms with E-state index in [2.05, 4.69) is 23.9 Å². The van der Waals surface area contributed by atoms with Crippen LogP contribution >= 0.6 is 0 Å². The van der Waals surface area contributed by atoms with Gasteiger partial charge in [-0.2, -0.15) is 8.78 Å². The fourth-order valence-electron chi connectivity index (χ4n) is 1.80. The molecule has 5 heteroatoms. The summed E-state index contributed by atoms with van der Waals surface area (Å²) in [5, 5.41) is 3.37. The lowest BCUT2D eigenvalue weighted by atomic mass is 9.89. The zero-order valence-corrected chi connectivity index (χ0v) is 12.3. The van der Waals surface area contributed by atoms with Gasteiger partial charge in [0.2, 0.25) is 0 Å². The van der Waals surface area contributed by atoms with Gasteiger partial charge in [-0.15, -0.1) is 0 Å². The highest BCUT2D eigenvalue weighted by atomic mass is 19.3. The van der Waals surface area contributed by atoms with E-state index in [1.807, 2.05) is 0 Å². The smallest absolute Gasteiger partial charge is 0.387 e. The van der Waals surface area contributed by atoms with Crippen molar-refractivity contribution in [3.8, 4) is 5.75 Å². The topological polar surface area (TPSA) is 30.5 Å². The van der Waals surface area contributed by atoms with Crippen molar-refractivity contribution in [2.75, 3.05) is 20.3 Å². The van der Waals surface area contributed by atoms with Crippen LogP contribution in [0.4, 0.5) is 8.78 Å². The molecule has 0 amide bonds. The molecule has 0 aliphatic heterocycles. The Hall–Kier alpha value is -1.20. The van der Waals surface area contributed by atoms with Crippen LogP contribution in [-0.4, -0.2) is 26.9 Å². The Labute approximate surface area is 119 Å². The first-order valence-corrected chi connectivity index (χ1v) is 6.66. The zero-order chi connectivity index (χ0) is 15.0. The number of hydrogen-bond donors (Lipinski definition) is 1. The maximum absolute atomic E-state index is 12.0. The van der Waals surface area contributed by atoms with E-state index in [9.17, 15) is 8.78 Å². The van der Waals surface area contributed by atoms with E-state index in [0.717, 1.165) is 25.1 Å². The molecule has 0 atom stereocenters. The van der Waals surface area contributed by atoms with Crippen LogP contribution in [0.25, 0.3) is 0 Å². The van der Waals surface area contributed by atoms with Crippen LogP contribution in [-0.2, 0) is 11.3 Å². The normalized spacial score (nSPS) is 11.9. The minimum Gasteiger partial charge on any atom is -0.435 e. The van der Waals surface area contributed by atoms with Gasteiger partial charge < -0.3 is 14.8 Å². The average molecular weight is 287 g/mol. The maximum Gasteiger partial charge on any atom is 0.387 e. The Balaban J connectivity index is 2.35. The fraction of sp³-hybridized carbons (Fsp3) is 0.600. The first-order chi connectivity index (χ1) is 9.43. The Morgan fingerprint density at radius 3 is 2.40 bits per heavy atom. The molecule has 0 saturated heterocycles. The molecule has 0 fully saturated rings. The van der Waals surface area contributed by atoms with Gasteiger partial charge in [-0.1, -0.05) is 26.0 Å². The van der Waals surface area contributed by atoms with Gasteiger partial charge >= 0.3 is 6.61 Å². The number of alkyl halides is 2. The standard InChI is InChI=1S/C15H23F2NO2/c1-15(2,8-9-19-3)11-18-10-12-4-6-13(7-5-12)20-14(16)17/h4-7,14,18H,8-11H2,1-3H3. The minimum atomic E-state index is -2.78. The van der Waals surface area contributed by atoms with Gasteiger partial charge in [0.15, 0.2) is 0 Å². The summed E-state index contributed by atoms with van der Waals surface area (Å²) in [6.45, 7) is 3.89. The predicted octanol–water partition coefficient (Wildman–Crippen LogP) is 3.44. The van der Waals surface area contributed by atoms with Crippen molar-refractivity contribution in [3.05, 3.63) is 29.8 Å². The van der Waals surface area contributed by atoms with Gasteiger partial charge in [0.05, 0.1) is 0 Å². The van der Waals surface area contributed by atoms with Crippen LogP contribution in [0.1, 0.15) is 25.8 Å². The zero-order valence-electron chi connectivity index (χ0n) is 12.3. The summed E-state index contributed by atoms with van der Waals surface area (Å²) in [6, 6.07) is 6.68.